The van der Waals surface area contributed by atoms with Gasteiger partial charge in [0.2, 0.25) is 0 Å². The molecule has 0 spiro atoms. The van der Waals surface area contributed by atoms with Gasteiger partial charge in [0.1, 0.15) is 6.29 Å². The lowest BCUT2D eigenvalue weighted by molar-refractivity contribution is -0.147. The van der Waals surface area contributed by atoms with Gasteiger partial charge in [-0.1, -0.05) is 48.0 Å². The molecule has 30 heavy (non-hydrogen) atoms. The summed E-state index contributed by atoms with van der Waals surface area (Å²) in [5, 5.41) is 0. The molecule has 1 aliphatic rings. The largest absolute Gasteiger partial charge is 0.466 e. The minimum Gasteiger partial charge on any atom is -0.466 e. The lowest BCUT2D eigenvalue weighted by Crippen LogP contribution is -2.44. The number of ether oxygens (including phenoxy) is 1. The zero-order chi connectivity index (χ0) is 21.7. The average molecular weight is 428 g/mol. The first-order valence-electron chi connectivity index (χ1n) is 9.87. The third-order valence-corrected chi connectivity index (χ3v) is 6.94. The molecule has 1 heterocycles. The molecule has 158 valence electrons. The normalized spacial score (nSPS) is 19.1. The van der Waals surface area contributed by atoms with Crippen molar-refractivity contribution in [2.75, 3.05) is 6.61 Å². The highest BCUT2D eigenvalue weighted by molar-refractivity contribution is 7.89. The van der Waals surface area contributed by atoms with E-state index in [9.17, 15) is 18.0 Å². The van der Waals surface area contributed by atoms with E-state index in [-0.39, 0.29) is 24.3 Å². The van der Waals surface area contributed by atoms with E-state index in [2.05, 4.69) is 0 Å². The van der Waals surface area contributed by atoms with E-state index >= 15 is 0 Å². The summed E-state index contributed by atoms with van der Waals surface area (Å²) in [6.07, 6.45) is 2.49. The van der Waals surface area contributed by atoms with E-state index in [1.54, 1.807) is 61.5 Å². The molecule has 0 bridgehead atoms. The summed E-state index contributed by atoms with van der Waals surface area (Å²) in [7, 11) is -3.95. The molecular weight excluding hydrogens is 402 g/mol. The minimum absolute atomic E-state index is 0.0226. The summed E-state index contributed by atoms with van der Waals surface area (Å²) in [6.45, 7) is 3.83. The molecule has 0 saturated heterocycles. The standard InChI is InChI=1S/C23H25NO5S/c1-3-29-23(26)19-15-20(13-14-25)24(22(16-19)18-7-5-4-6-8-18)30(27,28)21-11-9-17(2)10-12-21/h4-12,14,16,19-20H,3,13,15H2,1-2H3/t19-,20-/m1/s1. The van der Waals surface area contributed by atoms with Gasteiger partial charge in [0, 0.05) is 6.42 Å². The topological polar surface area (TPSA) is 80.8 Å². The van der Waals surface area contributed by atoms with Crippen molar-refractivity contribution in [1.82, 2.24) is 4.31 Å². The monoisotopic (exact) mass is 427 g/mol. The Bertz CT molecular complexity index is 1030. The quantitative estimate of drug-likeness (QED) is 0.498. The number of nitrogens with zero attached hydrogens (tertiary/aromatic N) is 1. The summed E-state index contributed by atoms with van der Waals surface area (Å²) in [6, 6.07) is 14.9. The van der Waals surface area contributed by atoms with Gasteiger partial charge in [-0.3, -0.25) is 9.10 Å². The Morgan fingerprint density at radius 3 is 2.40 bits per heavy atom. The Labute approximate surface area is 177 Å². The molecule has 0 aromatic heterocycles. The molecule has 3 rings (SSSR count). The summed E-state index contributed by atoms with van der Waals surface area (Å²) in [5.41, 5.74) is 1.98. The molecule has 2 aromatic carbocycles. The maximum atomic E-state index is 13.6. The van der Waals surface area contributed by atoms with Crippen molar-refractivity contribution >= 4 is 28.0 Å². The fourth-order valence-electron chi connectivity index (χ4n) is 3.62. The second kappa shape index (κ2) is 9.26. The van der Waals surface area contributed by atoms with Crippen molar-refractivity contribution in [3.63, 3.8) is 0 Å². The number of hydrogen-bond donors (Lipinski definition) is 0. The Morgan fingerprint density at radius 1 is 1.13 bits per heavy atom. The second-order valence-electron chi connectivity index (χ2n) is 7.18. The molecule has 0 radical (unpaired) electrons. The van der Waals surface area contributed by atoms with Crippen molar-refractivity contribution in [2.24, 2.45) is 5.92 Å². The number of sulfonamides is 1. The number of rotatable bonds is 7. The van der Waals surface area contributed by atoms with Crippen LogP contribution in [0.4, 0.5) is 0 Å². The Hall–Kier alpha value is -2.93. The van der Waals surface area contributed by atoms with Crippen LogP contribution < -0.4 is 0 Å². The number of esters is 1. The van der Waals surface area contributed by atoms with Crippen LogP contribution in [0.1, 0.15) is 30.9 Å². The van der Waals surface area contributed by atoms with Crippen LogP contribution in [0.5, 0.6) is 0 Å². The molecule has 7 heteroatoms. The van der Waals surface area contributed by atoms with E-state index in [0.29, 0.717) is 17.5 Å². The molecule has 0 aliphatic carbocycles. The van der Waals surface area contributed by atoms with Gasteiger partial charge in [-0.25, -0.2) is 8.42 Å². The third kappa shape index (κ3) is 4.46. The van der Waals surface area contributed by atoms with Crippen LogP contribution in [-0.4, -0.2) is 37.6 Å². The molecule has 0 amide bonds. The van der Waals surface area contributed by atoms with E-state index in [4.69, 9.17) is 4.74 Å². The summed E-state index contributed by atoms with van der Waals surface area (Å²) in [5.74, 6) is -1.05. The van der Waals surface area contributed by atoms with Crippen LogP contribution in [0.2, 0.25) is 0 Å². The Kier molecular flexibility index (Phi) is 6.72. The van der Waals surface area contributed by atoms with Crippen molar-refractivity contribution < 1.29 is 22.7 Å². The summed E-state index contributed by atoms with van der Waals surface area (Å²) >= 11 is 0. The highest BCUT2D eigenvalue weighted by Crippen LogP contribution is 2.38. The number of benzene rings is 2. The molecule has 0 unspecified atom stereocenters. The lowest BCUT2D eigenvalue weighted by atomic mass is 9.91. The van der Waals surface area contributed by atoms with Crippen molar-refractivity contribution in [1.29, 1.82) is 0 Å². The average Bonchev–Trinajstić information content (AvgIpc) is 2.74. The molecule has 2 aromatic rings. The van der Waals surface area contributed by atoms with Crippen molar-refractivity contribution in [3.05, 3.63) is 71.8 Å². The number of aldehydes is 1. The SMILES string of the molecule is CCOC(=O)[C@H]1C=C(c2ccccc2)N(S(=O)(=O)c2ccc(C)cc2)[C@H](CC=O)C1. The number of carbonyl (C=O) groups is 2. The van der Waals surface area contributed by atoms with Crippen LogP contribution in [-0.2, 0) is 24.3 Å². The van der Waals surface area contributed by atoms with Crippen LogP contribution >= 0.6 is 0 Å². The highest BCUT2D eigenvalue weighted by Gasteiger charge is 2.40. The first-order chi connectivity index (χ1) is 14.4. The molecular formula is C23H25NO5S. The number of aryl methyl sites for hydroxylation is 1. The highest BCUT2D eigenvalue weighted by atomic mass is 32.2. The summed E-state index contributed by atoms with van der Waals surface area (Å²) in [4.78, 5) is 24.0. The molecule has 0 N–H and O–H groups in total. The minimum atomic E-state index is -3.95. The Balaban J connectivity index is 2.17. The van der Waals surface area contributed by atoms with Gasteiger partial charge in [-0.2, -0.15) is 0 Å². The number of hydrogen-bond acceptors (Lipinski definition) is 5. The summed E-state index contributed by atoms with van der Waals surface area (Å²) < 4.78 is 33.7. The van der Waals surface area contributed by atoms with Crippen molar-refractivity contribution in [3.8, 4) is 0 Å². The van der Waals surface area contributed by atoms with Crippen LogP contribution in [0.3, 0.4) is 0 Å². The van der Waals surface area contributed by atoms with Gasteiger partial charge in [-0.15, -0.1) is 0 Å². The zero-order valence-electron chi connectivity index (χ0n) is 17.0. The smallest absolute Gasteiger partial charge is 0.312 e. The van der Waals surface area contributed by atoms with Gasteiger partial charge in [0.15, 0.2) is 0 Å². The van der Waals surface area contributed by atoms with Gasteiger partial charge in [0.25, 0.3) is 10.0 Å². The first-order valence-corrected chi connectivity index (χ1v) is 11.3. The molecule has 0 fully saturated rings. The van der Waals surface area contributed by atoms with E-state index < -0.39 is 28.0 Å². The molecule has 2 atom stereocenters. The fraction of sp³-hybridized carbons (Fsp3) is 0.304. The van der Waals surface area contributed by atoms with Crippen LogP contribution in [0.25, 0.3) is 5.70 Å². The third-order valence-electron chi connectivity index (χ3n) is 5.06. The van der Waals surface area contributed by atoms with Crippen molar-refractivity contribution in [2.45, 2.75) is 37.6 Å². The Morgan fingerprint density at radius 2 is 1.80 bits per heavy atom. The number of carbonyl (C=O) groups excluding carboxylic acids is 2. The van der Waals surface area contributed by atoms with Crippen LogP contribution in [0, 0.1) is 12.8 Å². The van der Waals surface area contributed by atoms with Gasteiger partial charge < -0.3 is 9.53 Å². The van der Waals surface area contributed by atoms with E-state index in [0.717, 1.165) is 5.56 Å². The maximum absolute atomic E-state index is 13.6. The molecule has 1 aliphatic heterocycles. The zero-order valence-corrected chi connectivity index (χ0v) is 17.8. The predicted octanol–water partition coefficient (Wildman–Crippen LogP) is 3.57. The molecule has 6 nitrogen and oxygen atoms in total. The van der Waals surface area contributed by atoms with E-state index in [1.807, 2.05) is 13.0 Å². The lowest BCUT2D eigenvalue weighted by Gasteiger charge is -2.39. The maximum Gasteiger partial charge on any atom is 0.312 e. The second-order valence-corrected chi connectivity index (χ2v) is 9.00. The van der Waals surface area contributed by atoms with E-state index in [1.165, 1.54) is 4.31 Å². The predicted molar refractivity (Wildman–Crippen MR) is 114 cm³/mol. The van der Waals surface area contributed by atoms with Gasteiger partial charge in [0.05, 0.1) is 29.2 Å². The molecule has 0 saturated carbocycles. The van der Waals surface area contributed by atoms with Crippen LogP contribution in [0.15, 0.2) is 65.6 Å². The fourth-order valence-corrected chi connectivity index (χ4v) is 5.31. The first kappa shape index (κ1) is 21.8. The van der Waals surface area contributed by atoms with Gasteiger partial charge >= 0.3 is 5.97 Å². The van der Waals surface area contributed by atoms with Gasteiger partial charge in [-0.05, 0) is 44.0 Å².